The second-order valence-corrected chi connectivity index (χ2v) is 10.8. The van der Waals surface area contributed by atoms with E-state index in [1.165, 1.54) is 11.9 Å². The Morgan fingerprint density at radius 2 is 1.57 bits per heavy atom. The average Bonchev–Trinajstić information content (AvgIpc) is 3.20. The lowest BCUT2D eigenvalue weighted by atomic mass is 10.1. The molecule has 0 saturated heterocycles. The largest absolute Gasteiger partial charge is 0.399 e. The lowest BCUT2D eigenvalue weighted by molar-refractivity contribution is 0.488. The molecule has 0 fully saturated rings. The number of rotatable bonds is 6. The molecule has 0 aliphatic carbocycles. The molecule has 37 heavy (non-hydrogen) atoms. The van der Waals surface area contributed by atoms with E-state index in [1.807, 2.05) is 42.5 Å². The van der Waals surface area contributed by atoms with Gasteiger partial charge in [0.1, 0.15) is 17.5 Å². The van der Waals surface area contributed by atoms with Crippen molar-refractivity contribution in [1.29, 1.82) is 0 Å². The number of H-pyrrole nitrogens is 1. The molecule has 2 heterocycles. The second kappa shape index (κ2) is 13.0. The average molecular weight is 552 g/mol. The van der Waals surface area contributed by atoms with Gasteiger partial charge in [0.05, 0.1) is 12.5 Å². The molecule has 2 aromatic carbocycles. The maximum Gasteiger partial charge on any atom is 0.261 e. The Morgan fingerprint density at radius 3 is 2.16 bits per heavy atom. The number of nitrogens with one attached hydrogen (secondary N) is 3. The number of nitrogens with zero attached hydrogens (tertiary/aromatic N) is 3. The standard InChI is InChI=1S/C20H21N7.2CH4O3S/c1-13(15-7-3-2-4-8-15)25-18-17-19(26-27-20(17)24-12-23-18)22-11-14-6-5-9-16(21)10-14;2*1-5(2,3)4/h2-10,12-13H,11,21H2,1H3,(H3,22,23,24,25,26,27);2*1H3,(H,2,3,4)/t13-;;/m0../s1. The number of fused-ring (bicyclic) bond motifs is 1. The molecule has 200 valence electrons. The van der Waals surface area contributed by atoms with Crippen molar-refractivity contribution in [2.24, 2.45) is 0 Å². The minimum Gasteiger partial charge on any atom is -0.399 e. The van der Waals surface area contributed by atoms with Crippen molar-refractivity contribution >= 4 is 48.6 Å². The van der Waals surface area contributed by atoms with Gasteiger partial charge in [-0.3, -0.25) is 14.2 Å². The Morgan fingerprint density at radius 1 is 0.946 bits per heavy atom. The lowest BCUT2D eigenvalue weighted by Crippen LogP contribution is -2.09. The molecule has 0 aliphatic rings. The molecule has 1 atom stereocenters. The first-order chi connectivity index (χ1) is 17.2. The fourth-order valence-electron chi connectivity index (χ4n) is 3.02. The van der Waals surface area contributed by atoms with Gasteiger partial charge in [0, 0.05) is 18.3 Å². The van der Waals surface area contributed by atoms with Gasteiger partial charge < -0.3 is 16.4 Å². The van der Waals surface area contributed by atoms with Gasteiger partial charge in [-0.15, -0.1) is 0 Å². The van der Waals surface area contributed by atoms with Gasteiger partial charge in [0.15, 0.2) is 11.5 Å². The Kier molecular flexibility index (Phi) is 10.3. The van der Waals surface area contributed by atoms with Gasteiger partial charge >= 0.3 is 0 Å². The third kappa shape index (κ3) is 11.7. The number of anilines is 3. The fourth-order valence-corrected chi connectivity index (χ4v) is 3.02. The lowest BCUT2D eigenvalue weighted by Gasteiger charge is -2.15. The number of hydrogen-bond acceptors (Lipinski definition) is 10. The van der Waals surface area contributed by atoms with Crippen molar-refractivity contribution in [3.8, 4) is 0 Å². The van der Waals surface area contributed by atoms with Crippen molar-refractivity contribution in [1.82, 2.24) is 20.2 Å². The molecule has 4 rings (SSSR count). The molecule has 0 aliphatic heterocycles. The molecule has 4 aromatic rings. The molecule has 15 heteroatoms. The maximum absolute atomic E-state index is 9.19. The van der Waals surface area contributed by atoms with Gasteiger partial charge in [-0.25, -0.2) is 9.97 Å². The van der Waals surface area contributed by atoms with Crippen LogP contribution in [0.2, 0.25) is 0 Å². The van der Waals surface area contributed by atoms with Crippen LogP contribution in [0.15, 0.2) is 60.9 Å². The summed E-state index contributed by atoms with van der Waals surface area (Å²) in [6.45, 7) is 2.71. The molecule has 0 bridgehead atoms. The minimum absolute atomic E-state index is 0.0981. The summed E-state index contributed by atoms with van der Waals surface area (Å²) in [5.74, 6) is 1.44. The van der Waals surface area contributed by atoms with Crippen molar-refractivity contribution in [3.63, 3.8) is 0 Å². The number of aromatic nitrogens is 4. The van der Waals surface area contributed by atoms with Crippen LogP contribution in [0.3, 0.4) is 0 Å². The normalized spacial score (nSPS) is 11.9. The molecule has 0 radical (unpaired) electrons. The number of aromatic amines is 1. The molecule has 7 N–H and O–H groups in total. The van der Waals surface area contributed by atoms with Crippen LogP contribution in [0.4, 0.5) is 17.3 Å². The quantitative estimate of drug-likeness (QED) is 0.151. The van der Waals surface area contributed by atoms with Crippen molar-refractivity contribution < 1.29 is 25.9 Å². The van der Waals surface area contributed by atoms with Gasteiger partial charge in [0.25, 0.3) is 20.2 Å². The topological polar surface area (TPSA) is 213 Å². The smallest absolute Gasteiger partial charge is 0.261 e. The zero-order valence-electron chi connectivity index (χ0n) is 20.3. The highest BCUT2D eigenvalue weighted by Crippen LogP contribution is 2.28. The molecule has 0 unspecified atom stereocenters. The summed E-state index contributed by atoms with van der Waals surface area (Å²) in [5.41, 5.74) is 9.54. The van der Waals surface area contributed by atoms with Crippen LogP contribution in [0.1, 0.15) is 24.1 Å². The summed E-state index contributed by atoms with van der Waals surface area (Å²) in [5, 5.41) is 15.0. The van der Waals surface area contributed by atoms with Crippen molar-refractivity contribution in [2.45, 2.75) is 19.5 Å². The van der Waals surface area contributed by atoms with Crippen molar-refractivity contribution in [2.75, 3.05) is 28.9 Å². The van der Waals surface area contributed by atoms with Crippen LogP contribution in [0.25, 0.3) is 11.0 Å². The highest BCUT2D eigenvalue weighted by atomic mass is 32.2. The van der Waals surface area contributed by atoms with E-state index in [0.29, 0.717) is 30.5 Å². The van der Waals surface area contributed by atoms with E-state index in [9.17, 15) is 16.8 Å². The first-order valence-electron chi connectivity index (χ1n) is 10.6. The maximum atomic E-state index is 9.19. The molecule has 0 saturated carbocycles. The molecule has 0 amide bonds. The van der Waals surface area contributed by atoms with E-state index in [2.05, 4.69) is 49.9 Å². The van der Waals surface area contributed by atoms with E-state index in [1.54, 1.807) is 0 Å². The summed E-state index contributed by atoms with van der Waals surface area (Å²) in [4.78, 5) is 8.71. The summed E-state index contributed by atoms with van der Waals surface area (Å²) < 4.78 is 51.7. The zero-order chi connectivity index (χ0) is 27.6. The van der Waals surface area contributed by atoms with Crippen LogP contribution >= 0.6 is 0 Å². The van der Waals surface area contributed by atoms with Gasteiger partial charge in [-0.05, 0) is 30.2 Å². The van der Waals surface area contributed by atoms with E-state index >= 15 is 0 Å². The summed E-state index contributed by atoms with van der Waals surface area (Å²) in [6, 6.07) is 18.1. The SMILES string of the molecule is CS(=O)(=O)O.CS(=O)(=O)O.C[C@H](Nc1ncnc2[nH]nc(NCc3cccc(N)c3)c12)c1ccccc1. The second-order valence-electron chi connectivity index (χ2n) is 7.86. The van der Waals surface area contributed by atoms with Crippen LogP contribution in [-0.4, -0.2) is 58.6 Å². The van der Waals surface area contributed by atoms with Gasteiger partial charge in [-0.2, -0.15) is 21.9 Å². The van der Waals surface area contributed by atoms with Crippen LogP contribution in [-0.2, 0) is 26.8 Å². The highest BCUT2D eigenvalue weighted by molar-refractivity contribution is 7.85. The first-order valence-corrected chi connectivity index (χ1v) is 14.3. The van der Waals surface area contributed by atoms with Gasteiger partial charge in [0.2, 0.25) is 0 Å². The number of hydrogen-bond donors (Lipinski definition) is 6. The van der Waals surface area contributed by atoms with Crippen LogP contribution in [0.5, 0.6) is 0 Å². The van der Waals surface area contributed by atoms with E-state index in [-0.39, 0.29) is 6.04 Å². The van der Waals surface area contributed by atoms with Crippen LogP contribution < -0.4 is 16.4 Å². The number of nitrogens with two attached hydrogens (primary N) is 1. The van der Waals surface area contributed by atoms with Gasteiger partial charge in [-0.1, -0.05) is 42.5 Å². The summed E-state index contributed by atoms with van der Waals surface area (Å²) in [7, 11) is -7.33. The van der Waals surface area contributed by atoms with E-state index in [4.69, 9.17) is 14.8 Å². The third-order valence-electron chi connectivity index (χ3n) is 4.42. The number of nitrogen functional groups attached to an aromatic ring is 1. The summed E-state index contributed by atoms with van der Waals surface area (Å²) >= 11 is 0. The highest BCUT2D eigenvalue weighted by Gasteiger charge is 2.15. The molecular formula is C22H29N7O6S2. The Bertz CT molecular complexity index is 1470. The Hall–Kier alpha value is -3.79. The molecule has 2 aromatic heterocycles. The first kappa shape index (κ1) is 29.4. The third-order valence-corrected chi connectivity index (χ3v) is 4.42. The van der Waals surface area contributed by atoms with E-state index < -0.39 is 20.2 Å². The Labute approximate surface area is 215 Å². The summed E-state index contributed by atoms with van der Waals surface area (Å²) in [6.07, 6.45) is 2.96. The number of benzene rings is 2. The molecular weight excluding hydrogens is 522 g/mol. The van der Waals surface area contributed by atoms with Crippen LogP contribution in [0, 0.1) is 0 Å². The monoisotopic (exact) mass is 551 g/mol. The molecule has 13 nitrogen and oxygen atoms in total. The fraction of sp³-hybridized carbons (Fsp3) is 0.227. The van der Waals surface area contributed by atoms with E-state index in [0.717, 1.165) is 22.5 Å². The minimum atomic E-state index is -3.67. The Balaban J connectivity index is 0.000000412. The predicted octanol–water partition coefficient (Wildman–Crippen LogP) is 2.73. The predicted molar refractivity (Wildman–Crippen MR) is 143 cm³/mol. The van der Waals surface area contributed by atoms with Crippen molar-refractivity contribution in [3.05, 3.63) is 72.1 Å². The molecule has 0 spiro atoms. The zero-order valence-corrected chi connectivity index (χ0v) is 22.0.